The van der Waals surface area contributed by atoms with Gasteiger partial charge in [0.15, 0.2) is 0 Å². The van der Waals surface area contributed by atoms with E-state index in [9.17, 15) is 14.4 Å². The molecular formula is C24H26N4O4. The predicted molar refractivity (Wildman–Crippen MR) is 120 cm³/mol. The molecule has 0 spiro atoms. The number of aromatic nitrogens is 2. The number of rotatable bonds is 5. The van der Waals surface area contributed by atoms with E-state index in [0.29, 0.717) is 36.1 Å². The highest BCUT2D eigenvalue weighted by atomic mass is 16.5. The van der Waals surface area contributed by atoms with Crippen molar-refractivity contribution in [1.82, 2.24) is 20.0 Å². The molecule has 166 valence electrons. The molecule has 4 rings (SSSR count). The highest BCUT2D eigenvalue weighted by Crippen LogP contribution is 2.15. The quantitative estimate of drug-likeness (QED) is 0.663. The molecule has 1 aliphatic rings. The lowest BCUT2D eigenvalue weighted by atomic mass is 10.1. The lowest BCUT2D eigenvalue weighted by Gasteiger charge is -2.35. The van der Waals surface area contributed by atoms with Crippen LogP contribution >= 0.6 is 0 Å². The van der Waals surface area contributed by atoms with E-state index in [2.05, 4.69) is 10.4 Å². The van der Waals surface area contributed by atoms with Crippen LogP contribution in [0.3, 0.4) is 0 Å². The summed E-state index contributed by atoms with van der Waals surface area (Å²) < 4.78 is 7.20. The van der Waals surface area contributed by atoms with Crippen LogP contribution in [0.5, 0.6) is 0 Å². The minimum absolute atomic E-state index is 0.00472. The minimum atomic E-state index is -0.220. The van der Waals surface area contributed by atoms with Crippen LogP contribution in [0.15, 0.2) is 59.5 Å². The topological polar surface area (TPSA) is 93.5 Å². The van der Waals surface area contributed by atoms with Crippen molar-refractivity contribution in [2.45, 2.75) is 39.1 Å². The van der Waals surface area contributed by atoms with E-state index in [1.54, 1.807) is 36.4 Å². The molecule has 3 aromatic rings. The summed E-state index contributed by atoms with van der Waals surface area (Å²) in [5.74, 6) is -0.235. The van der Waals surface area contributed by atoms with E-state index < -0.39 is 0 Å². The monoisotopic (exact) mass is 434 g/mol. The Bertz CT molecular complexity index is 1180. The van der Waals surface area contributed by atoms with Gasteiger partial charge in [0.05, 0.1) is 23.9 Å². The number of hydrogen-bond donors (Lipinski definition) is 1. The molecule has 8 nitrogen and oxygen atoms in total. The number of carbonyl (C=O) groups is 2. The molecule has 0 bridgehead atoms. The third kappa shape index (κ3) is 4.86. The summed E-state index contributed by atoms with van der Waals surface area (Å²) in [6, 6.07) is 14.3. The zero-order valence-electron chi connectivity index (χ0n) is 18.2. The van der Waals surface area contributed by atoms with E-state index >= 15 is 0 Å². The molecule has 8 heteroatoms. The average molecular weight is 434 g/mol. The van der Waals surface area contributed by atoms with Crippen LogP contribution in [0.1, 0.15) is 29.8 Å². The smallest absolute Gasteiger partial charge is 0.254 e. The standard InChI is InChI=1S/C24H26N4O4/c1-16-13-27(14-17(2)32-16)24(31)19-9-7-18(8-10-19)11-25-23(30)15-28-21-6-4-3-5-20(21)22(29)12-26-28/h3-10,12,16-17H,11,13-15H2,1-2H3,(H,25,30). The van der Waals surface area contributed by atoms with Gasteiger partial charge in [-0.3, -0.25) is 19.1 Å². The van der Waals surface area contributed by atoms with Gasteiger partial charge in [0.1, 0.15) is 6.54 Å². The molecule has 2 heterocycles. The van der Waals surface area contributed by atoms with E-state index in [1.165, 1.54) is 10.9 Å². The van der Waals surface area contributed by atoms with Gasteiger partial charge in [-0.2, -0.15) is 5.10 Å². The van der Waals surface area contributed by atoms with Gasteiger partial charge < -0.3 is 15.0 Å². The molecule has 1 saturated heterocycles. The van der Waals surface area contributed by atoms with Crippen molar-refractivity contribution in [3.8, 4) is 0 Å². The lowest BCUT2D eigenvalue weighted by molar-refractivity contribution is -0.121. The Balaban J connectivity index is 1.35. The van der Waals surface area contributed by atoms with Crippen LogP contribution in [0.25, 0.3) is 10.9 Å². The molecule has 2 atom stereocenters. The number of nitrogens with one attached hydrogen (secondary N) is 1. The first-order valence-electron chi connectivity index (χ1n) is 10.7. The number of nitrogens with zero attached hydrogens (tertiary/aromatic N) is 3. The summed E-state index contributed by atoms with van der Waals surface area (Å²) in [6.07, 6.45) is 1.26. The van der Waals surface area contributed by atoms with Crippen LogP contribution in [-0.2, 0) is 22.6 Å². The number of amides is 2. The number of morpholine rings is 1. The van der Waals surface area contributed by atoms with Crippen molar-refractivity contribution in [2.24, 2.45) is 0 Å². The molecule has 0 aliphatic carbocycles. The zero-order chi connectivity index (χ0) is 22.7. The van der Waals surface area contributed by atoms with Gasteiger partial charge in [0.25, 0.3) is 5.91 Å². The van der Waals surface area contributed by atoms with Gasteiger partial charge in [-0.15, -0.1) is 0 Å². The van der Waals surface area contributed by atoms with Gasteiger partial charge in [0.2, 0.25) is 11.3 Å². The van der Waals surface area contributed by atoms with E-state index in [1.807, 2.05) is 30.9 Å². The second-order valence-corrected chi connectivity index (χ2v) is 8.12. The first-order valence-corrected chi connectivity index (χ1v) is 10.7. The Labute approximate surface area is 185 Å². The maximum atomic E-state index is 12.8. The number of fused-ring (bicyclic) bond motifs is 1. The second kappa shape index (κ2) is 9.32. The molecule has 2 unspecified atom stereocenters. The summed E-state index contributed by atoms with van der Waals surface area (Å²) >= 11 is 0. The van der Waals surface area contributed by atoms with Crippen molar-refractivity contribution in [3.63, 3.8) is 0 Å². The van der Waals surface area contributed by atoms with Crippen LogP contribution in [0.4, 0.5) is 0 Å². The highest BCUT2D eigenvalue weighted by Gasteiger charge is 2.26. The maximum Gasteiger partial charge on any atom is 0.254 e. The third-order valence-corrected chi connectivity index (χ3v) is 5.45. The van der Waals surface area contributed by atoms with Gasteiger partial charge in [0, 0.05) is 30.6 Å². The summed E-state index contributed by atoms with van der Waals surface area (Å²) in [5.41, 5.74) is 1.94. The molecule has 1 fully saturated rings. The fourth-order valence-corrected chi connectivity index (χ4v) is 3.97. The fourth-order valence-electron chi connectivity index (χ4n) is 3.97. The number of para-hydroxylation sites is 1. The molecule has 1 aliphatic heterocycles. The van der Waals surface area contributed by atoms with Gasteiger partial charge in [-0.25, -0.2) is 0 Å². The van der Waals surface area contributed by atoms with Crippen molar-refractivity contribution < 1.29 is 14.3 Å². The maximum absolute atomic E-state index is 12.8. The van der Waals surface area contributed by atoms with E-state index in [-0.39, 0.29) is 36.0 Å². The largest absolute Gasteiger partial charge is 0.372 e. The Morgan fingerprint density at radius 2 is 1.75 bits per heavy atom. The van der Waals surface area contributed by atoms with E-state index in [4.69, 9.17) is 4.74 Å². The van der Waals surface area contributed by atoms with Gasteiger partial charge in [-0.05, 0) is 43.7 Å². The Hall–Kier alpha value is -3.52. The Kier molecular flexibility index (Phi) is 6.32. The number of hydrogen-bond acceptors (Lipinski definition) is 5. The molecule has 1 N–H and O–H groups in total. The van der Waals surface area contributed by atoms with Crippen LogP contribution in [0, 0.1) is 0 Å². The van der Waals surface area contributed by atoms with Gasteiger partial charge in [-0.1, -0.05) is 24.3 Å². The van der Waals surface area contributed by atoms with Crippen LogP contribution in [0.2, 0.25) is 0 Å². The summed E-state index contributed by atoms with van der Waals surface area (Å²) in [5, 5.41) is 7.47. The molecule has 0 saturated carbocycles. The molecule has 2 amide bonds. The van der Waals surface area contributed by atoms with Crippen LogP contribution in [-0.4, -0.2) is 51.8 Å². The summed E-state index contributed by atoms with van der Waals surface area (Å²) in [4.78, 5) is 38.9. The predicted octanol–water partition coefficient (Wildman–Crippen LogP) is 1.96. The first kappa shape index (κ1) is 21.7. The lowest BCUT2D eigenvalue weighted by Crippen LogP contribution is -2.48. The molecule has 32 heavy (non-hydrogen) atoms. The summed E-state index contributed by atoms with van der Waals surface area (Å²) in [7, 11) is 0. The molecule has 0 radical (unpaired) electrons. The molecule has 1 aromatic heterocycles. The van der Waals surface area contributed by atoms with E-state index in [0.717, 1.165) is 5.56 Å². The number of benzene rings is 2. The van der Waals surface area contributed by atoms with Crippen molar-refractivity contribution >= 4 is 22.7 Å². The third-order valence-electron chi connectivity index (χ3n) is 5.45. The minimum Gasteiger partial charge on any atom is -0.372 e. The first-order chi connectivity index (χ1) is 15.4. The molecular weight excluding hydrogens is 408 g/mol. The zero-order valence-corrected chi connectivity index (χ0v) is 18.2. The van der Waals surface area contributed by atoms with Crippen molar-refractivity contribution in [1.29, 1.82) is 0 Å². The SMILES string of the molecule is CC1CN(C(=O)c2ccc(CNC(=O)Cn3ncc(=O)c4ccccc43)cc2)CC(C)O1. The normalized spacial score (nSPS) is 18.5. The Morgan fingerprint density at radius 1 is 1.06 bits per heavy atom. The number of carbonyl (C=O) groups excluding carboxylic acids is 2. The Morgan fingerprint density at radius 3 is 2.47 bits per heavy atom. The van der Waals surface area contributed by atoms with Gasteiger partial charge >= 0.3 is 0 Å². The molecule has 2 aromatic carbocycles. The van der Waals surface area contributed by atoms with Crippen molar-refractivity contribution in [3.05, 3.63) is 76.1 Å². The van der Waals surface area contributed by atoms with Crippen LogP contribution < -0.4 is 10.7 Å². The summed E-state index contributed by atoms with van der Waals surface area (Å²) in [6.45, 7) is 5.42. The van der Waals surface area contributed by atoms with Crippen molar-refractivity contribution in [2.75, 3.05) is 13.1 Å². The second-order valence-electron chi connectivity index (χ2n) is 8.12. The number of ether oxygens (including phenoxy) is 1. The highest BCUT2D eigenvalue weighted by molar-refractivity contribution is 5.94. The fraction of sp³-hybridized carbons (Fsp3) is 0.333. The average Bonchev–Trinajstić information content (AvgIpc) is 2.79.